The number of hydrogen-bond acceptors (Lipinski definition) is 6. The molecule has 8 nitrogen and oxygen atoms in total. The van der Waals surface area contributed by atoms with Crippen LogP contribution in [0, 0.1) is 17.0 Å². The molecule has 1 aliphatic heterocycles. The molecule has 2 heterocycles. The maximum Gasteiger partial charge on any atom is 0.288 e. The minimum absolute atomic E-state index is 0.170. The number of amides is 1. The van der Waals surface area contributed by atoms with Crippen molar-refractivity contribution in [3.63, 3.8) is 0 Å². The molecular formula is C14H21N5O3. The van der Waals surface area contributed by atoms with Crippen molar-refractivity contribution in [2.45, 2.75) is 13.3 Å². The molecule has 0 aromatic carbocycles. The third kappa shape index (κ3) is 4.47. The molecule has 1 saturated heterocycles. The normalized spacial score (nSPS) is 15.5. The summed E-state index contributed by atoms with van der Waals surface area (Å²) in [4.78, 5) is 28.5. The van der Waals surface area contributed by atoms with Crippen molar-refractivity contribution in [1.82, 2.24) is 20.5 Å². The van der Waals surface area contributed by atoms with Gasteiger partial charge in [-0.2, -0.15) is 0 Å². The van der Waals surface area contributed by atoms with E-state index in [1.165, 1.54) is 6.07 Å². The van der Waals surface area contributed by atoms with Gasteiger partial charge in [0.05, 0.1) is 16.2 Å². The van der Waals surface area contributed by atoms with Gasteiger partial charge < -0.3 is 15.5 Å². The zero-order valence-corrected chi connectivity index (χ0v) is 12.7. The maximum atomic E-state index is 12.1. The summed E-state index contributed by atoms with van der Waals surface area (Å²) in [6.07, 6.45) is 2.02. The van der Waals surface area contributed by atoms with Gasteiger partial charge in [0.1, 0.15) is 6.20 Å². The molecule has 120 valence electrons. The summed E-state index contributed by atoms with van der Waals surface area (Å²) in [6.45, 7) is 7.22. The van der Waals surface area contributed by atoms with Gasteiger partial charge in [0.15, 0.2) is 0 Å². The molecule has 0 radical (unpaired) electrons. The topological polar surface area (TPSA) is 100 Å². The van der Waals surface area contributed by atoms with Gasteiger partial charge in [-0.05, 0) is 19.9 Å². The van der Waals surface area contributed by atoms with E-state index in [0.717, 1.165) is 45.3 Å². The highest BCUT2D eigenvalue weighted by molar-refractivity contribution is 5.95. The number of pyridine rings is 1. The minimum atomic E-state index is -0.548. The smallest absolute Gasteiger partial charge is 0.288 e. The Hall–Kier alpha value is -2.06. The van der Waals surface area contributed by atoms with E-state index in [9.17, 15) is 14.9 Å². The van der Waals surface area contributed by atoms with Gasteiger partial charge in [0, 0.05) is 38.8 Å². The number of rotatable bonds is 6. The van der Waals surface area contributed by atoms with Crippen molar-refractivity contribution >= 4 is 11.6 Å². The predicted molar refractivity (Wildman–Crippen MR) is 81.9 cm³/mol. The van der Waals surface area contributed by atoms with Crippen LogP contribution in [0.4, 0.5) is 5.69 Å². The molecule has 0 saturated carbocycles. The van der Waals surface area contributed by atoms with Crippen LogP contribution in [0.2, 0.25) is 0 Å². The van der Waals surface area contributed by atoms with Crippen LogP contribution in [0.5, 0.6) is 0 Å². The number of nitro groups is 1. The molecule has 0 atom stereocenters. The van der Waals surface area contributed by atoms with Crippen LogP contribution in [-0.2, 0) is 0 Å². The van der Waals surface area contributed by atoms with Gasteiger partial charge in [-0.1, -0.05) is 0 Å². The van der Waals surface area contributed by atoms with E-state index in [1.807, 2.05) is 0 Å². The number of piperazine rings is 1. The summed E-state index contributed by atoms with van der Waals surface area (Å²) < 4.78 is 0. The van der Waals surface area contributed by atoms with E-state index < -0.39 is 4.92 Å². The molecule has 0 unspecified atom stereocenters. The van der Waals surface area contributed by atoms with Gasteiger partial charge in [-0.15, -0.1) is 0 Å². The molecule has 8 heteroatoms. The maximum absolute atomic E-state index is 12.1. The number of hydrogen-bond donors (Lipinski definition) is 2. The van der Waals surface area contributed by atoms with E-state index >= 15 is 0 Å². The molecule has 0 bridgehead atoms. The molecule has 22 heavy (non-hydrogen) atoms. The molecule has 1 aliphatic rings. The van der Waals surface area contributed by atoms with Crippen LogP contribution in [0.15, 0.2) is 12.3 Å². The van der Waals surface area contributed by atoms with Crippen LogP contribution < -0.4 is 10.6 Å². The zero-order chi connectivity index (χ0) is 15.9. The summed E-state index contributed by atoms with van der Waals surface area (Å²) in [7, 11) is 0. The predicted octanol–water partition coefficient (Wildman–Crippen LogP) is 0.323. The Kier molecular flexibility index (Phi) is 5.79. The molecule has 1 amide bonds. The van der Waals surface area contributed by atoms with E-state index in [1.54, 1.807) is 6.92 Å². The second kappa shape index (κ2) is 7.81. The largest absolute Gasteiger partial charge is 0.352 e. The quantitative estimate of drug-likeness (QED) is 0.446. The number of aryl methyl sites for hydroxylation is 1. The summed E-state index contributed by atoms with van der Waals surface area (Å²) in [5.41, 5.74) is 0.582. The zero-order valence-electron chi connectivity index (χ0n) is 12.7. The Balaban J connectivity index is 1.81. The molecule has 2 N–H and O–H groups in total. The van der Waals surface area contributed by atoms with Gasteiger partial charge in [-0.25, -0.2) is 0 Å². The van der Waals surface area contributed by atoms with Crippen molar-refractivity contribution in [3.05, 3.63) is 33.6 Å². The number of nitrogens with one attached hydrogen (secondary N) is 2. The van der Waals surface area contributed by atoms with E-state index in [-0.39, 0.29) is 17.2 Å². The van der Waals surface area contributed by atoms with Crippen LogP contribution in [-0.4, -0.2) is 60.0 Å². The standard InChI is InChI=1S/C14H21N5O3/c1-11-13(9-12(10-17-11)19(21)22)14(20)16-3-2-6-18-7-4-15-5-8-18/h9-10,15H,2-8H2,1H3,(H,16,20). The lowest BCUT2D eigenvalue weighted by molar-refractivity contribution is -0.385. The first-order valence-corrected chi connectivity index (χ1v) is 7.40. The van der Waals surface area contributed by atoms with E-state index in [0.29, 0.717) is 12.2 Å². The minimum Gasteiger partial charge on any atom is -0.352 e. The summed E-state index contributed by atoms with van der Waals surface area (Å²) in [6, 6.07) is 1.27. The Morgan fingerprint density at radius 2 is 2.23 bits per heavy atom. The molecule has 2 rings (SSSR count). The number of nitrogens with zero attached hydrogens (tertiary/aromatic N) is 3. The van der Waals surface area contributed by atoms with Gasteiger partial charge in [0.2, 0.25) is 0 Å². The van der Waals surface area contributed by atoms with Gasteiger partial charge >= 0.3 is 0 Å². The molecule has 1 aromatic heterocycles. The third-order valence-corrected chi connectivity index (χ3v) is 3.67. The average molecular weight is 307 g/mol. The lowest BCUT2D eigenvalue weighted by Crippen LogP contribution is -2.44. The third-order valence-electron chi connectivity index (χ3n) is 3.67. The fraction of sp³-hybridized carbons (Fsp3) is 0.571. The van der Waals surface area contributed by atoms with Crippen LogP contribution >= 0.6 is 0 Å². The Morgan fingerprint density at radius 3 is 2.91 bits per heavy atom. The van der Waals surface area contributed by atoms with Crippen LogP contribution in [0.25, 0.3) is 0 Å². The molecular weight excluding hydrogens is 286 g/mol. The van der Waals surface area contributed by atoms with Crippen molar-refractivity contribution in [1.29, 1.82) is 0 Å². The van der Waals surface area contributed by atoms with E-state index in [2.05, 4.69) is 20.5 Å². The lowest BCUT2D eigenvalue weighted by atomic mass is 10.2. The highest BCUT2D eigenvalue weighted by Crippen LogP contribution is 2.14. The second-order valence-corrected chi connectivity index (χ2v) is 5.28. The first-order chi connectivity index (χ1) is 10.6. The monoisotopic (exact) mass is 307 g/mol. The molecule has 1 fully saturated rings. The SMILES string of the molecule is Cc1ncc([N+](=O)[O-])cc1C(=O)NCCCN1CCNCC1. The Bertz CT molecular complexity index is 543. The fourth-order valence-corrected chi connectivity index (χ4v) is 2.39. The number of carbonyl (C=O) groups excluding carboxylic acids is 1. The van der Waals surface area contributed by atoms with Crippen LogP contribution in [0.3, 0.4) is 0 Å². The van der Waals surface area contributed by atoms with Gasteiger partial charge in [0.25, 0.3) is 11.6 Å². The van der Waals surface area contributed by atoms with E-state index in [4.69, 9.17) is 0 Å². The highest BCUT2D eigenvalue weighted by atomic mass is 16.6. The second-order valence-electron chi connectivity index (χ2n) is 5.28. The molecule has 0 spiro atoms. The first kappa shape index (κ1) is 16.3. The first-order valence-electron chi connectivity index (χ1n) is 7.40. The fourth-order valence-electron chi connectivity index (χ4n) is 2.39. The Labute approximate surface area is 129 Å². The van der Waals surface area contributed by atoms with Crippen LogP contribution in [0.1, 0.15) is 22.5 Å². The number of carbonyl (C=O) groups is 1. The molecule has 1 aromatic rings. The molecule has 0 aliphatic carbocycles. The highest BCUT2D eigenvalue weighted by Gasteiger charge is 2.15. The summed E-state index contributed by atoms with van der Waals surface area (Å²) in [5, 5.41) is 16.8. The van der Waals surface area contributed by atoms with Crippen molar-refractivity contribution in [2.24, 2.45) is 0 Å². The number of aromatic nitrogens is 1. The lowest BCUT2D eigenvalue weighted by Gasteiger charge is -2.27. The van der Waals surface area contributed by atoms with Crippen molar-refractivity contribution < 1.29 is 9.72 Å². The van der Waals surface area contributed by atoms with Crippen molar-refractivity contribution in [3.8, 4) is 0 Å². The summed E-state index contributed by atoms with van der Waals surface area (Å²) in [5.74, 6) is -0.311. The van der Waals surface area contributed by atoms with Gasteiger partial charge in [-0.3, -0.25) is 19.9 Å². The Morgan fingerprint density at radius 1 is 1.50 bits per heavy atom. The summed E-state index contributed by atoms with van der Waals surface area (Å²) >= 11 is 0. The van der Waals surface area contributed by atoms with Crippen molar-refractivity contribution in [2.75, 3.05) is 39.3 Å². The average Bonchev–Trinajstić information content (AvgIpc) is 2.52.